The third-order valence-corrected chi connectivity index (χ3v) is 5.61. The average Bonchev–Trinajstić information content (AvgIpc) is 3.18. The van der Waals surface area contributed by atoms with Gasteiger partial charge in [0.1, 0.15) is 0 Å². The second-order valence-electron chi connectivity index (χ2n) is 7.89. The van der Waals surface area contributed by atoms with Crippen LogP contribution >= 0.6 is 0 Å². The molecule has 1 aromatic heterocycles. The maximum absolute atomic E-state index is 12.0. The fraction of sp³-hybridized carbons (Fsp3) is 0.500. The lowest BCUT2D eigenvalue weighted by molar-refractivity contribution is 0.459. The van der Waals surface area contributed by atoms with Gasteiger partial charge in [-0.15, -0.1) is 0 Å². The number of pyridine rings is 1. The maximum Gasteiger partial charge on any atom is 0.250 e. The minimum atomic E-state index is 0.0864. The van der Waals surface area contributed by atoms with Crippen LogP contribution < -0.4 is 10.9 Å². The van der Waals surface area contributed by atoms with E-state index in [4.69, 9.17) is 4.99 Å². The van der Waals surface area contributed by atoms with Crippen LogP contribution in [-0.2, 0) is 13.0 Å². The predicted molar refractivity (Wildman–Crippen MR) is 120 cm³/mol. The second-order valence-corrected chi connectivity index (χ2v) is 7.89. The smallest absolute Gasteiger partial charge is 0.250 e. The summed E-state index contributed by atoms with van der Waals surface area (Å²) < 4.78 is 1.85. The Bertz CT molecular complexity index is 843. The highest BCUT2D eigenvalue weighted by molar-refractivity contribution is 5.80. The second kappa shape index (κ2) is 10.8. The van der Waals surface area contributed by atoms with Crippen LogP contribution in [-0.4, -0.2) is 41.6 Å². The monoisotopic (exact) mass is 394 g/mol. The van der Waals surface area contributed by atoms with E-state index in [0.29, 0.717) is 5.92 Å². The van der Waals surface area contributed by atoms with Crippen molar-refractivity contribution in [1.82, 2.24) is 14.8 Å². The zero-order valence-corrected chi connectivity index (χ0v) is 17.8. The number of hydrogen-bond donors (Lipinski definition) is 1. The first kappa shape index (κ1) is 21.2. The van der Waals surface area contributed by atoms with Crippen LogP contribution in [0.3, 0.4) is 0 Å². The molecule has 1 unspecified atom stereocenters. The molecule has 0 radical (unpaired) electrons. The number of aryl methyl sites for hydroxylation is 1. The standard InChI is InChI=1S/C24H34N4O/c1-3-25-24(26-15-7-8-16-28-20(2)10-9-13-23(28)29)27-17-14-22(19-27)18-21-11-5-4-6-12-21/h4-6,9-13,22H,3,7-8,14-19H2,1-2H3,(H,25,26). The number of nitrogens with one attached hydrogen (secondary N) is 1. The summed E-state index contributed by atoms with van der Waals surface area (Å²) in [7, 11) is 0. The summed E-state index contributed by atoms with van der Waals surface area (Å²) in [5.41, 5.74) is 2.53. The van der Waals surface area contributed by atoms with E-state index >= 15 is 0 Å². The van der Waals surface area contributed by atoms with E-state index in [9.17, 15) is 4.79 Å². The Kier molecular flexibility index (Phi) is 7.91. The average molecular weight is 395 g/mol. The molecule has 1 saturated heterocycles. The Balaban J connectivity index is 1.47. The summed E-state index contributed by atoms with van der Waals surface area (Å²) in [6.07, 6.45) is 4.30. The van der Waals surface area contributed by atoms with Gasteiger partial charge in [0.05, 0.1) is 0 Å². The van der Waals surface area contributed by atoms with Gasteiger partial charge in [0.15, 0.2) is 5.96 Å². The van der Waals surface area contributed by atoms with Crippen LogP contribution in [0.5, 0.6) is 0 Å². The molecule has 0 bridgehead atoms. The quantitative estimate of drug-likeness (QED) is 0.424. The molecule has 1 aliphatic rings. The van der Waals surface area contributed by atoms with Gasteiger partial charge in [-0.05, 0) is 57.1 Å². The van der Waals surface area contributed by atoms with Crippen molar-refractivity contribution in [2.45, 2.75) is 46.1 Å². The van der Waals surface area contributed by atoms with Crippen LogP contribution in [0.15, 0.2) is 58.3 Å². The van der Waals surface area contributed by atoms with Gasteiger partial charge in [-0.3, -0.25) is 9.79 Å². The number of unbranched alkanes of at least 4 members (excludes halogenated alkanes) is 1. The van der Waals surface area contributed by atoms with Gasteiger partial charge in [0, 0.05) is 44.5 Å². The van der Waals surface area contributed by atoms with Crippen molar-refractivity contribution in [2.24, 2.45) is 10.9 Å². The van der Waals surface area contributed by atoms with Crippen LogP contribution in [0.1, 0.15) is 37.4 Å². The maximum atomic E-state index is 12.0. The molecule has 156 valence electrons. The van der Waals surface area contributed by atoms with E-state index in [1.807, 2.05) is 23.6 Å². The Hall–Kier alpha value is -2.56. The minimum Gasteiger partial charge on any atom is -0.357 e. The SMILES string of the molecule is CCNC(=NCCCCn1c(C)cccc1=O)N1CCC(Cc2ccccc2)C1. The van der Waals surface area contributed by atoms with Crippen molar-refractivity contribution in [2.75, 3.05) is 26.2 Å². The van der Waals surface area contributed by atoms with Crippen LogP contribution in [0.25, 0.3) is 0 Å². The first-order chi connectivity index (χ1) is 14.2. The number of guanidine groups is 1. The molecule has 3 rings (SSSR count). The number of hydrogen-bond acceptors (Lipinski definition) is 2. The zero-order chi connectivity index (χ0) is 20.5. The van der Waals surface area contributed by atoms with Gasteiger partial charge in [-0.1, -0.05) is 36.4 Å². The lowest BCUT2D eigenvalue weighted by Crippen LogP contribution is -2.40. The third kappa shape index (κ3) is 6.21. The van der Waals surface area contributed by atoms with E-state index in [1.54, 1.807) is 6.07 Å². The first-order valence-electron chi connectivity index (χ1n) is 10.9. The van der Waals surface area contributed by atoms with E-state index < -0.39 is 0 Å². The van der Waals surface area contributed by atoms with Gasteiger partial charge in [-0.25, -0.2) is 0 Å². The topological polar surface area (TPSA) is 49.6 Å². The summed E-state index contributed by atoms with van der Waals surface area (Å²) in [6, 6.07) is 16.2. The zero-order valence-electron chi connectivity index (χ0n) is 17.8. The molecule has 0 saturated carbocycles. The van der Waals surface area contributed by atoms with Crippen LogP contribution in [0.2, 0.25) is 0 Å². The van der Waals surface area contributed by atoms with Crippen molar-refractivity contribution in [3.63, 3.8) is 0 Å². The van der Waals surface area contributed by atoms with Gasteiger partial charge in [-0.2, -0.15) is 0 Å². The van der Waals surface area contributed by atoms with Gasteiger partial charge in [0.25, 0.3) is 5.56 Å². The van der Waals surface area contributed by atoms with Crippen LogP contribution in [0.4, 0.5) is 0 Å². The largest absolute Gasteiger partial charge is 0.357 e. The lowest BCUT2D eigenvalue weighted by Gasteiger charge is -2.21. The lowest BCUT2D eigenvalue weighted by atomic mass is 9.99. The molecule has 2 aromatic rings. The first-order valence-corrected chi connectivity index (χ1v) is 10.9. The summed E-state index contributed by atoms with van der Waals surface area (Å²) in [6.45, 7) is 8.70. The highest BCUT2D eigenvalue weighted by atomic mass is 16.1. The van der Waals surface area contributed by atoms with Crippen molar-refractivity contribution < 1.29 is 0 Å². The minimum absolute atomic E-state index is 0.0864. The van der Waals surface area contributed by atoms with Crippen LogP contribution in [0, 0.1) is 12.8 Å². The van der Waals surface area contributed by atoms with Crippen molar-refractivity contribution >= 4 is 5.96 Å². The molecule has 0 spiro atoms. The van der Waals surface area contributed by atoms with Gasteiger partial charge in [0.2, 0.25) is 0 Å². The van der Waals surface area contributed by atoms with E-state index in [0.717, 1.165) is 63.6 Å². The number of aromatic nitrogens is 1. The molecular formula is C24H34N4O. The molecule has 0 amide bonds. The summed E-state index contributed by atoms with van der Waals surface area (Å²) >= 11 is 0. The highest BCUT2D eigenvalue weighted by Gasteiger charge is 2.24. The van der Waals surface area contributed by atoms with Crippen molar-refractivity contribution in [3.8, 4) is 0 Å². The molecule has 0 aliphatic carbocycles. The normalized spacial score (nSPS) is 17.0. The summed E-state index contributed by atoms with van der Waals surface area (Å²) in [4.78, 5) is 19.2. The van der Waals surface area contributed by atoms with Crippen molar-refractivity contribution in [1.29, 1.82) is 0 Å². The van der Waals surface area contributed by atoms with Gasteiger partial charge >= 0.3 is 0 Å². The molecule has 5 heteroatoms. The van der Waals surface area contributed by atoms with E-state index in [-0.39, 0.29) is 5.56 Å². The fourth-order valence-corrected chi connectivity index (χ4v) is 4.04. The molecule has 1 atom stereocenters. The number of benzene rings is 1. The summed E-state index contributed by atoms with van der Waals surface area (Å²) in [5.74, 6) is 1.73. The summed E-state index contributed by atoms with van der Waals surface area (Å²) in [5, 5.41) is 3.46. The Labute approximate surface area is 174 Å². The molecule has 1 fully saturated rings. The van der Waals surface area contributed by atoms with Gasteiger partial charge < -0.3 is 14.8 Å². The number of rotatable bonds is 8. The molecule has 29 heavy (non-hydrogen) atoms. The van der Waals surface area contributed by atoms with Crippen molar-refractivity contribution in [3.05, 3.63) is 70.1 Å². The predicted octanol–water partition coefficient (Wildman–Crippen LogP) is 3.47. The number of likely N-dealkylation sites (tertiary alicyclic amines) is 1. The molecular weight excluding hydrogens is 360 g/mol. The number of nitrogens with zero attached hydrogens (tertiary/aromatic N) is 3. The van der Waals surface area contributed by atoms with E-state index in [2.05, 4.69) is 47.5 Å². The Morgan fingerprint density at radius 1 is 1.14 bits per heavy atom. The molecule has 2 heterocycles. The van der Waals surface area contributed by atoms with E-state index in [1.165, 1.54) is 12.0 Å². The fourth-order valence-electron chi connectivity index (χ4n) is 4.04. The third-order valence-electron chi connectivity index (χ3n) is 5.61. The highest BCUT2D eigenvalue weighted by Crippen LogP contribution is 2.21. The molecule has 5 nitrogen and oxygen atoms in total. The molecule has 1 N–H and O–H groups in total. The molecule has 1 aromatic carbocycles. The number of aliphatic imine (C=N–C) groups is 1. The molecule has 1 aliphatic heterocycles. The Morgan fingerprint density at radius 3 is 2.72 bits per heavy atom. The Morgan fingerprint density at radius 2 is 1.97 bits per heavy atom.